The number of nitrogens with one attached hydrogen (secondary N) is 2. The van der Waals surface area contributed by atoms with E-state index in [0.717, 1.165) is 16.7 Å². The molecule has 2 aromatic heterocycles. The molecule has 0 aliphatic carbocycles. The lowest BCUT2D eigenvalue weighted by molar-refractivity contribution is 0.136. The zero-order valence-corrected chi connectivity index (χ0v) is 14.8. The molecule has 8 heteroatoms. The maximum absolute atomic E-state index is 11.8. The Bertz CT molecular complexity index is 972. The molecule has 3 heterocycles. The molecule has 1 aromatic carbocycles. The van der Waals surface area contributed by atoms with Gasteiger partial charge < -0.3 is 14.8 Å². The van der Waals surface area contributed by atoms with Crippen LogP contribution in [0.1, 0.15) is 19.0 Å². The van der Waals surface area contributed by atoms with Crippen molar-refractivity contribution < 1.29 is 14.3 Å². The predicted octanol–water partition coefficient (Wildman–Crippen LogP) is 3.68. The third-order valence-electron chi connectivity index (χ3n) is 4.13. The van der Waals surface area contributed by atoms with Gasteiger partial charge in [-0.2, -0.15) is 5.10 Å². The molecular formula is C18H17ClN4O3. The summed E-state index contributed by atoms with van der Waals surface area (Å²) in [5, 5.41) is 11.5. The molecule has 134 valence electrons. The minimum atomic E-state index is -0.502. The number of carbonyl (C=O) groups is 1. The van der Waals surface area contributed by atoms with Crippen molar-refractivity contribution in [3.8, 4) is 17.1 Å². The number of hydrogen-bond acceptors (Lipinski definition) is 5. The number of hydrogen-bond donors (Lipinski definition) is 2. The Kier molecular flexibility index (Phi) is 4.38. The summed E-state index contributed by atoms with van der Waals surface area (Å²) in [6.45, 7) is 2.43. The van der Waals surface area contributed by atoms with Crippen LogP contribution in [0.5, 0.6) is 5.75 Å². The Morgan fingerprint density at radius 3 is 3.04 bits per heavy atom. The van der Waals surface area contributed by atoms with Gasteiger partial charge in [-0.3, -0.25) is 5.10 Å². The second kappa shape index (κ2) is 6.84. The first-order valence-corrected chi connectivity index (χ1v) is 8.68. The number of rotatable bonds is 0. The number of alkyl carbamates (subject to hydrolysis) is 1. The first kappa shape index (κ1) is 16.7. The fourth-order valence-corrected chi connectivity index (χ4v) is 3.10. The Labute approximate surface area is 154 Å². The third-order valence-corrected chi connectivity index (χ3v) is 4.35. The molecule has 0 radical (unpaired) electrons. The maximum atomic E-state index is 11.8. The number of amides is 1. The molecule has 0 saturated heterocycles. The second-order valence-corrected chi connectivity index (χ2v) is 6.60. The number of pyridine rings is 1. The highest BCUT2D eigenvalue weighted by atomic mass is 35.5. The minimum Gasteiger partial charge on any atom is -0.491 e. The van der Waals surface area contributed by atoms with Crippen molar-refractivity contribution in [1.82, 2.24) is 20.5 Å². The quantitative estimate of drug-likeness (QED) is 0.628. The number of H-pyrrole nitrogens is 1. The summed E-state index contributed by atoms with van der Waals surface area (Å²) in [5.41, 5.74) is 2.69. The van der Waals surface area contributed by atoms with Crippen LogP contribution in [-0.4, -0.2) is 33.9 Å². The summed E-state index contributed by atoms with van der Waals surface area (Å²) in [6, 6.07) is 9.14. The van der Waals surface area contributed by atoms with Gasteiger partial charge in [0.25, 0.3) is 0 Å². The number of fused-ring (bicyclic) bond motifs is 4. The Hall–Kier alpha value is -2.80. The Morgan fingerprint density at radius 1 is 1.27 bits per heavy atom. The van der Waals surface area contributed by atoms with Gasteiger partial charge in [0.1, 0.15) is 18.1 Å². The summed E-state index contributed by atoms with van der Waals surface area (Å²) in [4.78, 5) is 16.4. The summed E-state index contributed by atoms with van der Waals surface area (Å²) in [5.74, 6) is 0.729. The van der Waals surface area contributed by atoms with Gasteiger partial charge in [-0.25, -0.2) is 9.78 Å². The molecule has 1 aliphatic rings. The van der Waals surface area contributed by atoms with Gasteiger partial charge in [0.05, 0.1) is 23.0 Å². The third kappa shape index (κ3) is 3.43. The molecule has 4 bridgehead atoms. The van der Waals surface area contributed by atoms with Gasteiger partial charge in [0, 0.05) is 23.4 Å². The van der Waals surface area contributed by atoms with Crippen LogP contribution in [0.3, 0.4) is 0 Å². The van der Waals surface area contributed by atoms with Gasteiger partial charge in [-0.05, 0) is 37.3 Å². The number of ether oxygens (including phenoxy) is 2. The van der Waals surface area contributed by atoms with E-state index in [-0.39, 0.29) is 12.7 Å². The van der Waals surface area contributed by atoms with Crippen LogP contribution in [0, 0.1) is 0 Å². The first-order chi connectivity index (χ1) is 12.6. The van der Waals surface area contributed by atoms with E-state index in [2.05, 4.69) is 20.5 Å². The first-order valence-electron chi connectivity index (χ1n) is 8.31. The van der Waals surface area contributed by atoms with E-state index in [0.29, 0.717) is 35.1 Å². The average molecular weight is 373 g/mol. The number of halogens is 1. The summed E-state index contributed by atoms with van der Waals surface area (Å²) in [7, 11) is 0. The lowest BCUT2D eigenvalue weighted by atomic mass is 10.1. The van der Waals surface area contributed by atoms with E-state index >= 15 is 0 Å². The average Bonchev–Trinajstić information content (AvgIpc) is 3.02. The number of cyclic esters (lactones) is 1. The highest BCUT2D eigenvalue weighted by Gasteiger charge is 2.15. The molecule has 4 rings (SSSR count). The van der Waals surface area contributed by atoms with Crippen molar-refractivity contribution in [2.24, 2.45) is 0 Å². The molecule has 26 heavy (non-hydrogen) atoms. The van der Waals surface area contributed by atoms with Crippen molar-refractivity contribution in [2.45, 2.75) is 26.1 Å². The zero-order chi connectivity index (χ0) is 18.1. The zero-order valence-electron chi connectivity index (χ0n) is 14.1. The molecule has 1 unspecified atom stereocenters. The number of carbonyl (C=O) groups excluding carboxylic acids is 1. The van der Waals surface area contributed by atoms with Gasteiger partial charge in [-0.15, -0.1) is 0 Å². The van der Waals surface area contributed by atoms with Crippen LogP contribution in [0.2, 0.25) is 5.02 Å². The second-order valence-electron chi connectivity index (χ2n) is 6.16. The molecule has 2 N–H and O–H groups in total. The Balaban J connectivity index is 1.82. The van der Waals surface area contributed by atoms with E-state index in [4.69, 9.17) is 21.1 Å². The van der Waals surface area contributed by atoms with Crippen LogP contribution in [-0.2, 0) is 11.3 Å². The molecule has 0 saturated carbocycles. The molecule has 7 nitrogen and oxygen atoms in total. The van der Waals surface area contributed by atoms with Gasteiger partial charge >= 0.3 is 6.09 Å². The van der Waals surface area contributed by atoms with Crippen molar-refractivity contribution in [1.29, 1.82) is 0 Å². The predicted molar refractivity (Wildman–Crippen MR) is 97.2 cm³/mol. The SMILES string of the molecule is CC1CCNC(=O)OCc2cc(Cl)cc(n2)-c2n[nH]c3ccc(cc23)O1. The fourth-order valence-electron chi connectivity index (χ4n) is 2.87. The topological polar surface area (TPSA) is 89.1 Å². The highest BCUT2D eigenvalue weighted by Crippen LogP contribution is 2.30. The summed E-state index contributed by atoms with van der Waals surface area (Å²) >= 11 is 6.22. The maximum Gasteiger partial charge on any atom is 0.407 e. The summed E-state index contributed by atoms with van der Waals surface area (Å²) < 4.78 is 11.2. The van der Waals surface area contributed by atoms with Crippen LogP contribution >= 0.6 is 11.6 Å². The number of aromatic amines is 1. The van der Waals surface area contributed by atoms with Crippen LogP contribution in [0.25, 0.3) is 22.3 Å². The molecule has 0 fully saturated rings. The van der Waals surface area contributed by atoms with E-state index in [9.17, 15) is 4.79 Å². The smallest absolute Gasteiger partial charge is 0.407 e. The molecule has 1 aliphatic heterocycles. The van der Waals surface area contributed by atoms with Crippen molar-refractivity contribution in [2.75, 3.05) is 6.54 Å². The normalized spacial score (nSPS) is 17.8. The molecule has 1 amide bonds. The van der Waals surface area contributed by atoms with E-state index in [1.807, 2.05) is 25.1 Å². The largest absolute Gasteiger partial charge is 0.491 e. The fraction of sp³-hybridized carbons (Fsp3) is 0.278. The lowest BCUT2D eigenvalue weighted by Crippen LogP contribution is -2.28. The highest BCUT2D eigenvalue weighted by molar-refractivity contribution is 6.30. The van der Waals surface area contributed by atoms with Gasteiger partial charge in [0.15, 0.2) is 0 Å². The van der Waals surface area contributed by atoms with Crippen LogP contribution in [0.4, 0.5) is 4.79 Å². The standard InChI is InChI=1S/C18H17ClN4O3/c1-10-4-5-20-18(24)25-9-12-6-11(19)7-16(21-12)17-14-8-13(26-10)2-3-15(14)22-23-17/h2-3,6-8,10H,4-5,9H2,1H3,(H,20,24)(H,22,23). The lowest BCUT2D eigenvalue weighted by Gasteiger charge is -2.15. The van der Waals surface area contributed by atoms with E-state index in [1.54, 1.807) is 12.1 Å². The van der Waals surface area contributed by atoms with Crippen molar-refractivity contribution in [3.63, 3.8) is 0 Å². The molecular weight excluding hydrogens is 356 g/mol. The van der Waals surface area contributed by atoms with Crippen LogP contribution in [0.15, 0.2) is 30.3 Å². The monoisotopic (exact) mass is 372 g/mol. The number of benzene rings is 1. The van der Waals surface area contributed by atoms with E-state index < -0.39 is 6.09 Å². The number of aromatic nitrogens is 3. The summed E-state index contributed by atoms with van der Waals surface area (Å²) in [6.07, 6.45) is 0.0865. The number of nitrogens with zero attached hydrogens (tertiary/aromatic N) is 2. The Morgan fingerprint density at radius 2 is 2.15 bits per heavy atom. The van der Waals surface area contributed by atoms with Gasteiger partial charge in [0.2, 0.25) is 0 Å². The van der Waals surface area contributed by atoms with E-state index in [1.165, 1.54) is 0 Å². The van der Waals surface area contributed by atoms with Crippen molar-refractivity contribution in [3.05, 3.63) is 41.0 Å². The van der Waals surface area contributed by atoms with Crippen molar-refractivity contribution >= 4 is 28.6 Å². The minimum absolute atomic E-state index is 0.0268. The molecule has 1 atom stereocenters. The molecule has 3 aromatic rings. The van der Waals surface area contributed by atoms with Crippen LogP contribution < -0.4 is 10.1 Å². The van der Waals surface area contributed by atoms with Gasteiger partial charge in [-0.1, -0.05) is 11.6 Å². The molecule has 0 spiro atoms.